The lowest BCUT2D eigenvalue weighted by Crippen LogP contribution is -2.12. The van der Waals surface area contributed by atoms with Gasteiger partial charge in [0.05, 0.1) is 26.5 Å². The van der Waals surface area contributed by atoms with Gasteiger partial charge in [-0.15, -0.1) is 11.3 Å². The van der Waals surface area contributed by atoms with E-state index in [1.54, 1.807) is 53.8 Å². The lowest BCUT2D eigenvalue weighted by atomic mass is 10.0. The second-order valence-electron chi connectivity index (χ2n) is 8.20. The molecule has 0 saturated carbocycles. The van der Waals surface area contributed by atoms with Crippen molar-refractivity contribution in [2.45, 2.75) is 0 Å². The van der Waals surface area contributed by atoms with Crippen LogP contribution in [0.2, 0.25) is 5.02 Å². The fraction of sp³-hybridized carbons (Fsp3) is 0. The summed E-state index contributed by atoms with van der Waals surface area (Å²) < 4.78 is 6.52. The largest absolute Gasteiger partial charge is 0.422 e. The molecule has 0 saturated heterocycles. The molecule has 0 spiro atoms. The summed E-state index contributed by atoms with van der Waals surface area (Å²) in [6.45, 7) is 0. The lowest BCUT2D eigenvalue weighted by Gasteiger charge is -2.09. The summed E-state index contributed by atoms with van der Waals surface area (Å²) in [5, 5.41) is 5.00. The highest BCUT2D eigenvalue weighted by Crippen LogP contribution is 2.34. The minimum atomic E-state index is -0.427. The van der Waals surface area contributed by atoms with Crippen LogP contribution in [0.1, 0.15) is 10.4 Å². The number of carbonyl (C=O) groups excluding carboxylic acids is 1. The van der Waals surface area contributed by atoms with Gasteiger partial charge in [-0.2, -0.15) is 0 Å². The molecule has 2 heterocycles. The summed E-state index contributed by atoms with van der Waals surface area (Å²) in [6, 6.07) is 29.3. The number of nitrogens with one attached hydrogen (secondary N) is 1. The summed E-state index contributed by atoms with van der Waals surface area (Å²) in [6.07, 6.45) is 0. The van der Waals surface area contributed by atoms with Crippen molar-refractivity contribution in [3.63, 3.8) is 0 Å². The highest BCUT2D eigenvalue weighted by Gasteiger charge is 2.14. The van der Waals surface area contributed by atoms with Crippen LogP contribution in [0.4, 0.5) is 5.69 Å². The van der Waals surface area contributed by atoms with Crippen LogP contribution in [0, 0.1) is 0 Å². The minimum absolute atomic E-state index is 0.310. The number of hydrogen-bond donors (Lipinski definition) is 1. The number of fused-ring (bicyclic) bond motifs is 2. The van der Waals surface area contributed by atoms with E-state index in [2.05, 4.69) is 10.3 Å². The van der Waals surface area contributed by atoms with Crippen LogP contribution in [0.15, 0.2) is 106 Å². The molecular weight excluding hydrogens is 492 g/mol. The number of amides is 1. The lowest BCUT2D eigenvalue weighted by molar-refractivity contribution is 0.102. The van der Waals surface area contributed by atoms with Gasteiger partial charge in [0.15, 0.2) is 0 Å². The Balaban J connectivity index is 1.26. The molecule has 5 nitrogen and oxygen atoms in total. The molecule has 0 aliphatic rings. The molecule has 2 aromatic heterocycles. The third kappa shape index (κ3) is 4.17. The first-order chi connectivity index (χ1) is 17.5. The molecule has 0 aliphatic heterocycles. The fourth-order valence-corrected chi connectivity index (χ4v) is 5.14. The number of rotatable bonds is 4. The zero-order valence-corrected chi connectivity index (χ0v) is 20.3. The highest BCUT2D eigenvalue weighted by molar-refractivity contribution is 7.21. The number of nitrogens with zero attached hydrogens (tertiary/aromatic N) is 1. The van der Waals surface area contributed by atoms with Crippen LogP contribution in [0.3, 0.4) is 0 Å². The Bertz CT molecular complexity index is 1790. The van der Waals surface area contributed by atoms with Crippen LogP contribution in [0.25, 0.3) is 42.9 Å². The van der Waals surface area contributed by atoms with Gasteiger partial charge < -0.3 is 9.73 Å². The van der Waals surface area contributed by atoms with Crippen LogP contribution < -0.4 is 10.9 Å². The van der Waals surface area contributed by atoms with Crippen LogP contribution >= 0.6 is 22.9 Å². The van der Waals surface area contributed by atoms with Crippen molar-refractivity contribution in [1.29, 1.82) is 0 Å². The molecule has 0 fully saturated rings. The summed E-state index contributed by atoms with van der Waals surface area (Å²) in [5.74, 6) is -0.310. The molecule has 0 aliphatic carbocycles. The van der Waals surface area contributed by atoms with Crippen molar-refractivity contribution in [3.05, 3.63) is 118 Å². The highest BCUT2D eigenvalue weighted by atomic mass is 35.5. The number of aromatic nitrogens is 1. The predicted octanol–water partition coefficient (Wildman–Crippen LogP) is 7.64. The van der Waals surface area contributed by atoms with Crippen LogP contribution in [-0.4, -0.2) is 10.9 Å². The van der Waals surface area contributed by atoms with Crippen molar-refractivity contribution >= 4 is 55.7 Å². The van der Waals surface area contributed by atoms with Crippen molar-refractivity contribution in [1.82, 2.24) is 4.98 Å². The van der Waals surface area contributed by atoms with Crippen molar-refractivity contribution in [2.75, 3.05) is 5.32 Å². The maximum Gasteiger partial charge on any atom is 0.344 e. The third-order valence-electron chi connectivity index (χ3n) is 5.85. The van der Waals surface area contributed by atoms with E-state index in [1.165, 1.54) is 0 Å². The van der Waals surface area contributed by atoms with Gasteiger partial charge in [0.25, 0.3) is 5.91 Å². The van der Waals surface area contributed by atoms with E-state index in [-0.39, 0.29) is 5.91 Å². The Kier molecular flexibility index (Phi) is 5.60. The standard InChI is InChI=1S/C29H17ClN2O3S/c30-22-14-13-20(28-32-23-6-2-4-8-26(23)36-28)16-24(22)31-27(33)18-11-9-17(10-12-18)21-15-19-5-1-3-7-25(19)35-29(21)34/h1-16H,(H,31,33). The van der Waals surface area contributed by atoms with E-state index in [9.17, 15) is 9.59 Å². The number of benzene rings is 4. The molecule has 0 unspecified atom stereocenters. The molecule has 6 rings (SSSR count). The zero-order chi connectivity index (χ0) is 24.6. The van der Waals surface area contributed by atoms with Gasteiger partial charge in [-0.1, -0.05) is 60.1 Å². The molecule has 36 heavy (non-hydrogen) atoms. The molecule has 1 N–H and O–H groups in total. The average Bonchev–Trinajstić information content (AvgIpc) is 3.34. The van der Waals surface area contributed by atoms with E-state index < -0.39 is 5.63 Å². The van der Waals surface area contributed by atoms with E-state index in [0.717, 1.165) is 26.2 Å². The molecule has 1 amide bonds. The monoisotopic (exact) mass is 508 g/mol. The molecule has 0 atom stereocenters. The predicted molar refractivity (Wildman–Crippen MR) is 146 cm³/mol. The number of anilines is 1. The van der Waals surface area contributed by atoms with E-state index in [4.69, 9.17) is 16.0 Å². The molecule has 0 bridgehead atoms. The fourth-order valence-electron chi connectivity index (χ4n) is 4.01. The second-order valence-corrected chi connectivity index (χ2v) is 9.64. The molecular formula is C29H17ClN2O3S. The van der Waals surface area contributed by atoms with E-state index in [0.29, 0.717) is 33.0 Å². The summed E-state index contributed by atoms with van der Waals surface area (Å²) in [7, 11) is 0. The Morgan fingerprint density at radius 2 is 1.61 bits per heavy atom. The minimum Gasteiger partial charge on any atom is -0.422 e. The maximum atomic E-state index is 13.0. The van der Waals surface area contributed by atoms with Gasteiger partial charge in [-0.25, -0.2) is 9.78 Å². The molecule has 7 heteroatoms. The van der Waals surface area contributed by atoms with Crippen LogP contribution in [0.5, 0.6) is 0 Å². The number of halogens is 1. The van der Waals surface area contributed by atoms with E-state index in [1.807, 2.05) is 54.6 Å². The van der Waals surface area contributed by atoms with Crippen molar-refractivity contribution < 1.29 is 9.21 Å². The first-order valence-corrected chi connectivity index (χ1v) is 12.3. The summed E-state index contributed by atoms with van der Waals surface area (Å²) >= 11 is 7.97. The SMILES string of the molecule is O=C(Nc1cc(-c2nc3ccccc3s2)ccc1Cl)c1ccc(-c2cc3ccccc3oc2=O)cc1. The normalized spacial score (nSPS) is 11.1. The van der Waals surface area contributed by atoms with Crippen LogP contribution in [-0.2, 0) is 0 Å². The zero-order valence-electron chi connectivity index (χ0n) is 18.7. The summed E-state index contributed by atoms with van der Waals surface area (Å²) in [4.78, 5) is 30.1. The quantitative estimate of drug-likeness (QED) is 0.248. The molecule has 6 aromatic rings. The number of hydrogen-bond acceptors (Lipinski definition) is 5. The Labute approximate surface area is 214 Å². The Hall–Kier alpha value is -4.26. The van der Waals surface area contributed by atoms with Gasteiger partial charge in [0.1, 0.15) is 10.6 Å². The summed E-state index contributed by atoms with van der Waals surface area (Å²) in [5.41, 5.74) is 3.95. The molecule has 174 valence electrons. The topological polar surface area (TPSA) is 72.2 Å². The van der Waals surface area contributed by atoms with Crippen molar-refractivity contribution in [3.8, 4) is 21.7 Å². The number of carbonyl (C=O) groups is 1. The maximum absolute atomic E-state index is 13.0. The molecule has 4 aromatic carbocycles. The van der Waals surface area contributed by atoms with E-state index >= 15 is 0 Å². The molecule has 0 radical (unpaired) electrons. The second kappa shape index (κ2) is 9.07. The smallest absolute Gasteiger partial charge is 0.344 e. The van der Waals surface area contributed by atoms with Gasteiger partial charge in [-0.3, -0.25) is 4.79 Å². The van der Waals surface area contributed by atoms with Gasteiger partial charge in [0, 0.05) is 16.5 Å². The Morgan fingerprint density at radius 1 is 0.861 bits per heavy atom. The van der Waals surface area contributed by atoms with Gasteiger partial charge >= 0.3 is 5.63 Å². The van der Waals surface area contributed by atoms with Gasteiger partial charge in [-0.05, 0) is 54.1 Å². The van der Waals surface area contributed by atoms with Crippen molar-refractivity contribution in [2.24, 2.45) is 0 Å². The number of thiazole rings is 1. The third-order valence-corrected chi connectivity index (χ3v) is 7.27. The average molecular weight is 509 g/mol. The number of para-hydroxylation sites is 2. The Morgan fingerprint density at radius 3 is 2.44 bits per heavy atom. The first kappa shape index (κ1) is 22.2. The first-order valence-electron chi connectivity index (χ1n) is 11.2. The van der Waals surface area contributed by atoms with Gasteiger partial charge in [0.2, 0.25) is 0 Å².